The second-order valence-electron chi connectivity index (χ2n) is 6.07. The van der Waals surface area contributed by atoms with Crippen LogP contribution in [0.3, 0.4) is 0 Å². The highest BCUT2D eigenvalue weighted by atomic mass is 32.2. The van der Waals surface area contributed by atoms with Gasteiger partial charge in [0.05, 0.1) is 6.61 Å². The van der Waals surface area contributed by atoms with Gasteiger partial charge < -0.3 is 15.3 Å². The lowest BCUT2D eigenvalue weighted by molar-refractivity contribution is 0.158. The smallest absolute Gasteiger partial charge is 0.322 e. The summed E-state index contributed by atoms with van der Waals surface area (Å²) >= 11 is 5.18. The summed E-state index contributed by atoms with van der Waals surface area (Å²) in [5, 5.41) is 14.3. The van der Waals surface area contributed by atoms with Gasteiger partial charge in [-0.05, 0) is 55.5 Å². The first kappa shape index (κ1) is 19.5. The van der Waals surface area contributed by atoms with Crippen molar-refractivity contribution in [1.82, 2.24) is 9.88 Å². The number of anilines is 1. The molecule has 1 saturated heterocycles. The Labute approximate surface area is 166 Å². The van der Waals surface area contributed by atoms with E-state index < -0.39 is 0 Å². The predicted octanol–water partition coefficient (Wildman–Crippen LogP) is 4.32. The number of rotatable bonds is 6. The molecule has 140 valence electrons. The van der Waals surface area contributed by atoms with Crippen molar-refractivity contribution < 1.29 is 9.90 Å². The van der Waals surface area contributed by atoms with Crippen molar-refractivity contribution >= 4 is 46.6 Å². The Bertz CT molecular complexity index is 715. The number of aliphatic hydroxyl groups is 1. The lowest BCUT2D eigenvalue weighted by Gasteiger charge is -2.33. The van der Waals surface area contributed by atoms with Crippen molar-refractivity contribution in [1.29, 1.82) is 0 Å². The van der Waals surface area contributed by atoms with E-state index in [1.807, 2.05) is 48.3 Å². The van der Waals surface area contributed by atoms with Crippen LogP contribution in [0.5, 0.6) is 0 Å². The van der Waals surface area contributed by atoms with E-state index in [0.29, 0.717) is 6.54 Å². The number of thiazole rings is 1. The van der Waals surface area contributed by atoms with Crippen LogP contribution in [0.1, 0.15) is 18.5 Å². The first-order valence-electron chi connectivity index (χ1n) is 8.62. The van der Waals surface area contributed by atoms with Crippen LogP contribution in [-0.2, 0) is 0 Å². The molecule has 0 aliphatic carbocycles. The molecule has 0 spiro atoms. The number of hydrogen-bond donors (Lipinski definition) is 2. The van der Waals surface area contributed by atoms with Crippen molar-refractivity contribution in [3.05, 3.63) is 35.3 Å². The van der Waals surface area contributed by atoms with Crippen LogP contribution in [0.2, 0.25) is 0 Å². The van der Waals surface area contributed by atoms with Crippen LogP contribution in [-0.4, -0.2) is 51.7 Å². The van der Waals surface area contributed by atoms with E-state index in [4.69, 9.17) is 0 Å². The second-order valence-corrected chi connectivity index (χ2v) is 9.48. The molecule has 1 aliphatic rings. The minimum Gasteiger partial charge on any atom is -0.395 e. The van der Waals surface area contributed by atoms with Gasteiger partial charge in [0, 0.05) is 34.2 Å². The number of nitrogens with one attached hydrogen (secondary N) is 1. The van der Waals surface area contributed by atoms with Gasteiger partial charge in [0.2, 0.25) is 0 Å². The van der Waals surface area contributed by atoms with Gasteiger partial charge in [-0.3, -0.25) is 0 Å². The molecule has 2 N–H and O–H groups in total. The summed E-state index contributed by atoms with van der Waals surface area (Å²) in [6.07, 6.45) is 1.97. The number of thioether (sulfide) groups is 1. The summed E-state index contributed by atoms with van der Waals surface area (Å²) in [6, 6.07) is 7.89. The van der Waals surface area contributed by atoms with Crippen molar-refractivity contribution in [2.45, 2.75) is 35.0 Å². The van der Waals surface area contributed by atoms with E-state index in [-0.39, 0.29) is 18.7 Å². The molecule has 2 amide bonds. The Kier molecular flexibility index (Phi) is 7.24. The summed E-state index contributed by atoms with van der Waals surface area (Å²) in [4.78, 5) is 20.0. The highest BCUT2D eigenvalue weighted by Gasteiger charge is 2.25. The summed E-state index contributed by atoms with van der Waals surface area (Å²) in [7, 11) is 0. The van der Waals surface area contributed by atoms with Crippen LogP contribution in [0, 0.1) is 6.92 Å². The highest BCUT2D eigenvalue weighted by Crippen LogP contribution is 2.31. The van der Waals surface area contributed by atoms with Crippen LogP contribution >= 0.6 is 34.9 Å². The zero-order chi connectivity index (χ0) is 18.4. The molecule has 3 rings (SSSR count). The number of carbonyl (C=O) groups excluding carboxylic acids is 1. The van der Waals surface area contributed by atoms with Crippen molar-refractivity contribution in [3.63, 3.8) is 0 Å². The maximum absolute atomic E-state index is 12.7. The molecule has 1 aromatic heterocycles. The van der Waals surface area contributed by atoms with E-state index in [1.165, 1.54) is 0 Å². The molecule has 5 nitrogen and oxygen atoms in total. The van der Waals surface area contributed by atoms with Gasteiger partial charge in [-0.2, -0.15) is 11.8 Å². The lowest BCUT2D eigenvalue weighted by atomic mass is 10.1. The summed E-state index contributed by atoms with van der Waals surface area (Å²) in [5.41, 5.74) is 1.80. The third-order valence-electron chi connectivity index (χ3n) is 4.14. The van der Waals surface area contributed by atoms with Gasteiger partial charge in [0.15, 0.2) is 4.34 Å². The van der Waals surface area contributed by atoms with Crippen LogP contribution in [0.15, 0.2) is 38.9 Å². The number of carbonyl (C=O) groups is 1. The molecule has 1 aromatic carbocycles. The number of nitrogens with zero attached hydrogens (tertiary/aromatic N) is 2. The fourth-order valence-electron chi connectivity index (χ4n) is 2.84. The van der Waals surface area contributed by atoms with Crippen LogP contribution in [0.4, 0.5) is 10.5 Å². The zero-order valence-electron chi connectivity index (χ0n) is 14.7. The Morgan fingerprint density at radius 2 is 2.08 bits per heavy atom. The molecular weight excluding hydrogens is 386 g/mol. The van der Waals surface area contributed by atoms with Gasteiger partial charge in [-0.15, -0.1) is 11.3 Å². The minimum atomic E-state index is -0.132. The Morgan fingerprint density at radius 3 is 2.69 bits per heavy atom. The largest absolute Gasteiger partial charge is 0.395 e. The summed E-state index contributed by atoms with van der Waals surface area (Å²) < 4.78 is 1.02. The molecule has 1 fully saturated rings. The van der Waals surface area contributed by atoms with Crippen molar-refractivity contribution in [2.75, 3.05) is 30.0 Å². The quantitative estimate of drug-likeness (QED) is 0.744. The molecular formula is C18H23N3O2S3. The number of aromatic nitrogens is 1. The highest BCUT2D eigenvalue weighted by molar-refractivity contribution is 8.01. The second kappa shape index (κ2) is 9.64. The molecule has 1 aliphatic heterocycles. The molecule has 8 heteroatoms. The fourth-order valence-corrected chi connectivity index (χ4v) is 5.73. The third-order valence-corrected chi connectivity index (χ3v) is 7.26. The fraction of sp³-hybridized carbons (Fsp3) is 0.444. The molecule has 0 saturated carbocycles. The molecule has 26 heavy (non-hydrogen) atoms. The number of urea groups is 1. The van der Waals surface area contributed by atoms with Crippen molar-refractivity contribution in [2.24, 2.45) is 0 Å². The number of aliphatic hydroxyl groups excluding tert-OH is 1. The van der Waals surface area contributed by atoms with Gasteiger partial charge in [0.1, 0.15) is 0 Å². The predicted molar refractivity (Wildman–Crippen MR) is 111 cm³/mol. The SMILES string of the molecule is Cc1csc(Sc2ccc(NC(=O)N(CCO)C3CCSCC3)cc2)n1. The molecule has 0 unspecified atom stereocenters. The van der Waals surface area contributed by atoms with E-state index in [2.05, 4.69) is 10.3 Å². The monoisotopic (exact) mass is 409 g/mol. The molecule has 0 atom stereocenters. The van der Waals surface area contributed by atoms with E-state index >= 15 is 0 Å². The number of aryl methyl sites for hydroxylation is 1. The van der Waals surface area contributed by atoms with Gasteiger partial charge in [0.25, 0.3) is 0 Å². The minimum absolute atomic E-state index is 0.0140. The average molecular weight is 410 g/mol. The number of amides is 2. The van der Waals surface area contributed by atoms with Gasteiger partial charge in [-0.1, -0.05) is 11.8 Å². The maximum atomic E-state index is 12.7. The van der Waals surface area contributed by atoms with Gasteiger partial charge in [-0.25, -0.2) is 9.78 Å². The topological polar surface area (TPSA) is 65.5 Å². The van der Waals surface area contributed by atoms with Crippen molar-refractivity contribution in [3.8, 4) is 0 Å². The first-order valence-corrected chi connectivity index (χ1v) is 11.5. The molecule has 0 radical (unpaired) electrons. The summed E-state index contributed by atoms with van der Waals surface area (Å²) in [6.45, 7) is 2.35. The zero-order valence-corrected chi connectivity index (χ0v) is 17.1. The summed E-state index contributed by atoms with van der Waals surface area (Å²) in [5.74, 6) is 2.14. The number of hydrogen-bond acceptors (Lipinski definition) is 6. The third kappa shape index (κ3) is 5.39. The normalized spacial score (nSPS) is 15.0. The average Bonchev–Trinajstić information content (AvgIpc) is 3.06. The van der Waals surface area contributed by atoms with Gasteiger partial charge >= 0.3 is 6.03 Å². The molecule has 2 heterocycles. The Morgan fingerprint density at radius 1 is 1.35 bits per heavy atom. The Hall–Kier alpha value is -1.22. The van der Waals surface area contributed by atoms with Crippen LogP contribution in [0.25, 0.3) is 0 Å². The standard InChI is InChI=1S/C18H23N3O2S3/c1-13-12-25-18(19-13)26-16-4-2-14(3-5-16)20-17(23)21(8-9-22)15-6-10-24-11-7-15/h2-5,12,15,22H,6-11H2,1H3,(H,20,23). The lowest BCUT2D eigenvalue weighted by Crippen LogP contribution is -2.46. The first-order chi connectivity index (χ1) is 12.7. The molecule has 0 bridgehead atoms. The molecule has 2 aromatic rings. The Balaban J connectivity index is 1.60. The van der Waals surface area contributed by atoms with E-state index in [1.54, 1.807) is 28.0 Å². The van der Waals surface area contributed by atoms with E-state index in [0.717, 1.165) is 45.0 Å². The van der Waals surface area contributed by atoms with Crippen LogP contribution < -0.4 is 5.32 Å². The number of benzene rings is 1. The van der Waals surface area contributed by atoms with E-state index in [9.17, 15) is 9.90 Å². The maximum Gasteiger partial charge on any atom is 0.322 e.